The summed E-state index contributed by atoms with van der Waals surface area (Å²) in [4.78, 5) is 16.0. The van der Waals surface area contributed by atoms with E-state index in [-0.39, 0.29) is 6.03 Å². The van der Waals surface area contributed by atoms with Crippen molar-refractivity contribution in [2.45, 2.75) is 13.5 Å². The van der Waals surface area contributed by atoms with Crippen LogP contribution >= 0.6 is 11.6 Å². The van der Waals surface area contributed by atoms with Crippen LogP contribution in [0.15, 0.2) is 67.0 Å². The molecular formula is C20H18ClN3O2. The van der Waals surface area contributed by atoms with Crippen molar-refractivity contribution in [2.75, 3.05) is 5.32 Å². The number of halogens is 1. The zero-order valence-corrected chi connectivity index (χ0v) is 15.0. The van der Waals surface area contributed by atoms with E-state index in [0.29, 0.717) is 11.6 Å². The lowest BCUT2D eigenvalue weighted by atomic mass is 10.2. The number of rotatable bonds is 5. The maximum atomic E-state index is 12.0. The van der Waals surface area contributed by atoms with Crippen LogP contribution in [0.5, 0.6) is 11.5 Å². The van der Waals surface area contributed by atoms with E-state index >= 15 is 0 Å². The summed E-state index contributed by atoms with van der Waals surface area (Å²) in [6, 6.07) is 16.2. The molecule has 3 aromatic rings. The topological polar surface area (TPSA) is 63.2 Å². The molecule has 26 heavy (non-hydrogen) atoms. The number of anilines is 1. The first-order valence-electron chi connectivity index (χ1n) is 8.08. The molecule has 0 atom stereocenters. The van der Waals surface area contributed by atoms with Gasteiger partial charge in [0.05, 0.1) is 0 Å². The molecule has 6 heteroatoms. The third kappa shape index (κ3) is 4.97. The van der Waals surface area contributed by atoms with E-state index in [1.807, 2.05) is 31.2 Å². The number of hydrogen-bond acceptors (Lipinski definition) is 3. The van der Waals surface area contributed by atoms with Gasteiger partial charge in [-0.1, -0.05) is 23.7 Å². The van der Waals surface area contributed by atoms with Crippen molar-refractivity contribution in [2.24, 2.45) is 0 Å². The number of nitrogens with zero attached hydrogens (tertiary/aromatic N) is 1. The lowest BCUT2D eigenvalue weighted by Crippen LogP contribution is -2.28. The highest BCUT2D eigenvalue weighted by molar-refractivity contribution is 6.30. The predicted octanol–water partition coefficient (Wildman–Crippen LogP) is 5.16. The number of aryl methyl sites for hydroxylation is 1. The van der Waals surface area contributed by atoms with E-state index in [1.165, 1.54) is 0 Å². The average Bonchev–Trinajstić information content (AvgIpc) is 2.64. The van der Waals surface area contributed by atoms with Crippen molar-refractivity contribution >= 4 is 23.3 Å². The van der Waals surface area contributed by atoms with Gasteiger partial charge in [0.2, 0.25) is 0 Å². The fourth-order valence-corrected chi connectivity index (χ4v) is 2.56. The quantitative estimate of drug-likeness (QED) is 0.654. The lowest BCUT2D eigenvalue weighted by molar-refractivity contribution is 0.251. The van der Waals surface area contributed by atoms with Gasteiger partial charge in [0.15, 0.2) is 0 Å². The van der Waals surface area contributed by atoms with E-state index in [2.05, 4.69) is 15.6 Å². The van der Waals surface area contributed by atoms with Crippen molar-refractivity contribution in [3.8, 4) is 11.5 Å². The minimum Gasteiger partial charge on any atom is -0.457 e. The minimum atomic E-state index is -0.271. The Morgan fingerprint density at radius 1 is 1.04 bits per heavy atom. The van der Waals surface area contributed by atoms with Crippen LogP contribution < -0.4 is 15.4 Å². The monoisotopic (exact) mass is 367 g/mol. The summed E-state index contributed by atoms with van der Waals surface area (Å²) in [6.45, 7) is 2.30. The number of aromatic nitrogens is 1. The van der Waals surface area contributed by atoms with Gasteiger partial charge in [-0.15, -0.1) is 0 Å². The first kappa shape index (κ1) is 17.8. The number of ether oxygens (including phenoxy) is 1. The summed E-state index contributed by atoms with van der Waals surface area (Å²) in [6.07, 6.45) is 3.35. The lowest BCUT2D eigenvalue weighted by Gasteiger charge is -2.11. The number of nitrogens with one attached hydrogen (secondary N) is 2. The molecule has 0 bridgehead atoms. The Bertz CT molecular complexity index is 883. The Balaban J connectivity index is 1.52. The van der Waals surface area contributed by atoms with E-state index in [0.717, 1.165) is 28.3 Å². The molecule has 0 radical (unpaired) electrons. The Morgan fingerprint density at radius 3 is 2.42 bits per heavy atom. The molecule has 0 aliphatic rings. The van der Waals surface area contributed by atoms with Crippen molar-refractivity contribution in [3.05, 3.63) is 83.1 Å². The number of urea groups is 1. The van der Waals surface area contributed by atoms with Gasteiger partial charge in [-0.25, -0.2) is 4.79 Å². The van der Waals surface area contributed by atoms with Crippen LogP contribution in [-0.4, -0.2) is 11.0 Å². The second-order valence-corrected chi connectivity index (χ2v) is 6.13. The van der Waals surface area contributed by atoms with Crippen LogP contribution in [0.3, 0.4) is 0 Å². The molecule has 1 aromatic heterocycles. The van der Waals surface area contributed by atoms with Gasteiger partial charge in [0.25, 0.3) is 0 Å². The Kier molecular flexibility index (Phi) is 5.71. The maximum Gasteiger partial charge on any atom is 0.319 e. The first-order chi connectivity index (χ1) is 12.6. The van der Waals surface area contributed by atoms with Gasteiger partial charge in [-0.3, -0.25) is 4.98 Å². The highest BCUT2D eigenvalue weighted by Crippen LogP contribution is 2.21. The van der Waals surface area contributed by atoms with Crippen molar-refractivity contribution in [1.82, 2.24) is 10.3 Å². The Labute approximate surface area is 157 Å². The number of carbonyl (C=O) groups is 1. The molecule has 0 aliphatic heterocycles. The summed E-state index contributed by atoms with van der Waals surface area (Å²) >= 11 is 5.92. The normalized spacial score (nSPS) is 10.2. The molecule has 0 unspecified atom stereocenters. The van der Waals surface area contributed by atoms with Crippen molar-refractivity contribution in [3.63, 3.8) is 0 Å². The van der Waals surface area contributed by atoms with Gasteiger partial charge in [0, 0.05) is 29.6 Å². The summed E-state index contributed by atoms with van der Waals surface area (Å²) in [5, 5.41) is 6.28. The molecular weight excluding hydrogens is 350 g/mol. The molecule has 1 heterocycles. The van der Waals surface area contributed by atoms with Crippen molar-refractivity contribution in [1.29, 1.82) is 0 Å². The summed E-state index contributed by atoms with van der Waals surface area (Å²) < 4.78 is 5.71. The standard InChI is InChI=1S/C20H18ClN3O2/c1-14-12-16(21)4-7-19(14)24-20(25)23-13-15-2-5-17(6-3-15)26-18-8-10-22-11-9-18/h2-12H,13H2,1H3,(H2,23,24,25). The highest BCUT2D eigenvalue weighted by atomic mass is 35.5. The summed E-state index contributed by atoms with van der Waals surface area (Å²) in [5.74, 6) is 1.45. The number of pyridine rings is 1. The fourth-order valence-electron chi connectivity index (χ4n) is 2.33. The molecule has 5 nitrogen and oxygen atoms in total. The smallest absolute Gasteiger partial charge is 0.319 e. The second-order valence-electron chi connectivity index (χ2n) is 5.70. The number of carbonyl (C=O) groups excluding carboxylic acids is 1. The number of hydrogen-bond donors (Lipinski definition) is 2. The maximum absolute atomic E-state index is 12.0. The Hall–Kier alpha value is -3.05. The third-order valence-electron chi connectivity index (χ3n) is 3.70. The van der Waals surface area contributed by atoms with Gasteiger partial charge < -0.3 is 15.4 Å². The third-order valence-corrected chi connectivity index (χ3v) is 3.93. The fraction of sp³-hybridized carbons (Fsp3) is 0.100. The van der Waals surface area contributed by atoms with Crippen molar-refractivity contribution < 1.29 is 9.53 Å². The molecule has 0 saturated heterocycles. The zero-order valence-electron chi connectivity index (χ0n) is 14.2. The van der Waals surface area contributed by atoms with Gasteiger partial charge in [-0.2, -0.15) is 0 Å². The van der Waals surface area contributed by atoms with E-state index in [4.69, 9.17) is 16.3 Å². The van der Waals surface area contributed by atoms with Crippen LogP contribution in [-0.2, 0) is 6.54 Å². The summed E-state index contributed by atoms with van der Waals surface area (Å²) in [7, 11) is 0. The SMILES string of the molecule is Cc1cc(Cl)ccc1NC(=O)NCc1ccc(Oc2ccncc2)cc1. The molecule has 0 saturated carbocycles. The van der Waals surface area contributed by atoms with Crippen LogP contribution in [0.25, 0.3) is 0 Å². The first-order valence-corrected chi connectivity index (χ1v) is 8.46. The minimum absolute atomic E-state index is 0.271. The van der Waals surface area contributed by atoms with Gasteiger partial charge in [0.1, 0.15) is 11.5 Å². The molecule has 2 aromatic carbocycles. The van der Waals surface area contributed by atoms with E-state index in [1.54, 1.807) is 42.7 Å². The molecule has 3 rings (SSSR count). The van der Waals surface area contributed by atoms with Gasteiger partial charge >= 0.3 is 6.03 Å². The zero-order chi connectivity index (χ0) is 18.4. The van der Waals surface area contributed by atoms with Crippen LogP contribution in [0.1, 0.15) is 11.1 Å². The predicted molar refractivity (Wildman–Crippen MR) is 103 cm³/mol. The van der Waals surface area contributed by atoms with Crippen LogP contribution in [0, 0.1) is 6.92 Å². The second kappa shape index (κ2) is 8.36. The molecule has 0 aliphatic carbocycles. The van der Waals surface area contributed by atoms with E-state index < -0.39 is 0 Å². The number of amides is 2. The summed E-state index contributed by atoms with van der Waals surface area (Å²) in [5.41, 5.74) is 2.60. The molecule has 0 spiro atoms. The number of benzene rings is 2. The molecule has 2 amide bonds. The van der Waals surface area contributed by atoms with E-state index in [9.17, 15) is 4.79 Å². The Morgan fingerprint density at radius 2 is 1.73 bits per heavy atom. The van der Waals surface area contributed by atoms with Gasteiger partial charge in [-0.05, 0) is 60.5 Å². The molecule has 132 valence electrons. The molecule has 0 fully saturated rings. The van der Waals surface area contributed by atoms with Crippen LogP contribution in [0.4, 0.5) is 10.5 Å². The average molecular weight is 368 g/mol. The van der Waals surface area contributed by atoms with Crippen LogP contribution in [0.2, 0.25) is 5.02 Å². The highest BCUT2D eigenvalue weighted by Gasteiger charge is 2.05. The molecule has 2 N–H and O–H groups in total. The largest absolute Gasteiger partial charge is 0.457 e.